The maximum Gasteiger partial charge on any atom is 0.238 e. The first-order chi connectivity index (χ1) is 11.4. The van der Waals surface area contributed by atoms with Crippen molar-refractivity contribution in [2.75, 3.05) is 0 Å². The summed E-state index contributed by atoms with van der Waals surface area (Å²) in [6.45, 7) is 0.168. The third-order valence-electron chi connectivity index (χ3n) is 3.17. The number of benzene rings is 2. The Kier molecular flexibility index (Phi) is 4.28. The van der Waals surface area contributed by atoms with E-state index in [4.69, 9.17) is 9.88 Å². The summed E-state index contributed by atoms with van der Waals surface area (Å²) in [6.07, 6.45) is 1.65. The van der Waals surface area contributed by atoms with Gasteiger partial charge < -0.3 is 4.74 Å². The van der Waals surface area contributed by atoms with Crippen molar-refractivity contribution in [3.05, 3.63) is 66.2 Å². The van der Waals surface area contributed by atoms with Gasteiger partial charge in [0.15, 0.2) is 0 Å². The first kappa shape index (κ1) is 16.1. The lowest BCUT2D eigenvalue weighted by Gasteiger charge is -2.03. The van der Waals surface area contributed by atoms with Gasteiger partial charge in [0.1, 0.15) is 23.9 Å². The van der Waals surface area contributed by atoms with Crippen LogP contribution in [0.1, 0.15) is 5.69 Å². The van der Waals surface area contributed by atoms with Crippen LogP contribution in [0.4, 0.5) is 4.39 Å². The van der Waals surface area contributed by atoms with E-state index in [0.29, 0.717) is 17.1 Å². The minimum absolute atomic E-state index is 0.0197. The van der Waals surface area contributed by atoms with Crippen LogP contribution >= 0.6 is 0 Å². The fraction of sp³-hybridized carbons (Fsp3) is 0.0667. The fourth-order valence-electron chi connectivity index (χ4n) is 1.97. The Morgan fingerprint density at radius 3 is 2.38 bits per heavy atom. The number of hydrogen-bond acceptors (Lipinski definition) is 5. The van der Waals surface area contributed by atoms with Crippen molar-refractivity contribution in [2.24, 2.45) is 5.14 Å². The molecule has 0 aliphatic heterocycles. The van der Waals surface area contributed by atoms with Crippen LogP contribution in [0.25, 0.3) is 5.69 Å². The van der Waals surface area contributed by atoms with Gasteiger partial charge in [-0.3, -0.25) is 0 Å². The first-order valence-corrected chi connectivity index (χ1v) is 8.39. The number of halogens is 1. The van der Waals surface area contributed by atoms with Gasteiger partial charge in [0.2, 0.25) is 10.0 Å². The van der Waals surface area contributed by atoms with E-state index in [1.807, 2.05) is 0 Å². The summed E-state index contributed by atoms with van der Waals surface area (Å²) in [4.78, 5) is 0.0197. The Morgan fingerprint density at radius 2 is 1.75 bits per heavy atom. The van der Waals surface area contributed by atoms with E-state index in [1.54, 1.807) is 18.3 Å². The van der Waals surface area contributed by atoms with E-state index in [0.717, 1.165) is 0 Å². The van der Waals surface area contributed by atoms with Gasteiger partial charge in [0.05, 0.1) is 16.8 Å². The fourth-order valence-corrected chi connectivity index (χ4v) is 2.48. The van der Waals surface area contributed by atoms with E-state index in [1.165, 1.54) is 41.1 Å². The zero-order chi connectivity index (χ0) is 17.2. The lowest BCUT2D eigenvalue weighted by molar-refractivity contribution is 0.300. The second-order valence-corrected chi connectivity index (χ2v) is 6.50. The van der Waals surface area contributed by atoms with Gasteiger partial charge in [-0.2, -0.15) is 0 Å². The van der Waals surface area contributed by atoms with Gasteiger partial charge >= 0.3 is 0 Å². The molecule has 3 rings (SSSR count). The lowest BCUT2D eigenvalue weighted by atomic mass is 10.3. The monoisotopic (exact) mass is 348 g/mol. The molecule has 0 fully saturated rings. The maximum atomic E-state index is 12.8. The second-order valence-electron chi connectivity index (χ2n) is 4.94. The van der Waals surface area contributed by atoms with E-state index in [2.05, 4.69) is 10.3 Å². The number of aromatic nitrogens is 3. The zero-order valence-electron chi connectivity index (χ0n) is 12.3. The molecule has 0 saturated carbocycles. The number of ether oxygens (including phenoxy) is 1. The molecule has 124 valence electrons. The zero-order valence-corrected chi connectivity index (χ0v) is 13.1. The van der Waals surface area contributed by atoms with E-state index in [9.17, 15) is 12.8 Å². The topological polar surface area (TPSA) is 100 Å². The Morgan fingerprint density at radius 1 is 1.08 bits per heavy atom. The third-order valence-corrected chi connectivity index (χ3v) is 4.10. The molecule has 1 aromatic heterocycles. The summed E-state index contributed by atoms with van der Waals surface area (Å²) in [7, 11) is -3.73. The van der Waals surface area contributed by atoms with E-state index < -0.39 is 10.0 Å². The van der Waals surface area contributed by atoms with Gasteiger partial charge in [0.25, 0.3) is 0 Å². The summed E-state index contributed by atoms with van der Waals surface area (Å²) in [6, 6.07) is 11.6. The van der Waals surface area contributed by atoms with Crippen LogP contribution in [-0.4, -0.2) is 23.4 Å². The maximum absolute atomic E-state index is 12.8. The van der Waals surface area contributed by atoms with Crippen LogP contribution in [0, 0.1) is 5.82 Å². The highest BCUT2D eigenvalue weighted by molar-refractivity contribution is 7.89. The second kappa shape index (κ2) is 6.38. The number of hydrogen-bond donors (Lipinski definition) is 1. The predicted octanol–water partition coefficient (Wildman–Crippen LogP) is 1.63. The van der Waals surface area contributed by atoms with Crippen molar-refractivity contribution < 1.29 is 17.5 Å². The standard InChI is InChI=1S/C15H13FN4O3S/c16-11-1-5-14(6-2-11)23-10-12-9-20(19-18-12)13-3-7-15(8-4-13)24(17,21)22/h1-9H,10H2,(H2,17,21,22). The quantitative estimate of drug-likeness (QED) is 0.755. The van der Waals surface area contributed by atoms with Crippen LogP contribution in [0.2, 0.25) is 0 Å². The molecular formula is C15H13FN4O3S. The molecule has 0 radical (unpaired) electrons. The highest BCUT2D eigenvalue weighted by atomic mass is 32.2. The predicted molar refractivity (Wildman–Crippen MR) is 83.5 cm³/mol. The average Bonchev–Trinajstić information content (AvgIpc) is 3.03. The van der Waals surface area contributed by atoms with Crippen LogP contribution < -0.4 is 9.88 Å². The SMILES string of the molecule is NS(=O)(=O)c1ccc(-n2cc(COc3ccc(F)cc3)nn2)cc1. The smallest absolute Gasteiger partial charge is 0.238 e. The summed E-state index contributed by atoms with van der Waals surface area (Å²) >= 11 is 0. The van der Waals surface area contributed by atoms with Crippen molar-refractivity contribution in [3.63, 3.8) is 0 Å². The number of rotatable bonds is 5. The molecule has 7 nitrogen and oxygen atoms in total. The van der Waals surface area contributed by atoms with Crippen molar-refractivity contribution in [1.82, 2.24) is 15.0 Å². The van der Waals surface area contributed by atoms with E-state index in [-0.39, 0.29) is 17.3 Å². The van der Waals surface area contributed by atoms with Crippen LogP contribution in [0.15, 0.2) is 59.6 Å². The molecule has 0 atom stereocenters. The summed E-state index contributed by atoms with van der Waals surface area (Å²) in [5.41, 5.74) is 1.19. The van der Waals surface area contributed by atoms with Gasteiger partial charge in [0, 0.05) is 0 Å². The van der Waals surface area contributed by atoms with Gasteiger partial charge in [-0.15, -0.1) is 5.10 Å². The number of nitrogens with two attached hydrogens (primary N) is 1. The Bertz CT molecular complexity index is 938. The van der Waals surface area contributed by atoms with E-state index >= 15 is 0 Å². The molecule has 0 aliphatic rings. The molecule has 0 spiro atoms. The average molecular weight is 348 g/mol. The van der Waals surface area contributed by atoms with Gasteiger partial charge in [-0.1, -0.05) is 5.21 Å². The number of sulfonamides is 1. The molecule has 9 heteroatoms. The molecular weight excluding hydrogens is 335 g/mol. The molecule has 1 heterocycles. The summed E-state index contributed by atoms with van der Waals surface area (Å²) in [5, 5.41) is 13.0. The highest BCUT2D eigenvalue weighted by Gasteiger charge is 2.09. The molecule has 3 aromatic rings. The normalized spacial score (nSPS) is 11.4. The lowest BCUT2D eigenvalue weighted by Crippen LogP contribution is -2.12. The largest absolute Gasteiger partial charge is 0.487 e. The van der Waals surface area contributed by atoms with Crippen molar-refractivity contribution in [3.8, 4) is 11.4 Å². The van der Waals surface area contributed by atoms with Crippen molar-refractivity contribution >= 4 is 10.0 Å². The Hall–Kier alpha value is -2.78. The number of nitrogens with zero attached hydrogens (tertiary/aromatic N) is 3. The van der Waals surface area contributed by atoms with Crippen molar-refractivity contribution in [1.29, 1.82) is 0 Å². The number of primary sulfonamides is 1. The molecule has 0 amide bonds. The third kappa shape index (κ3) is 3.76. The molecule has 0 saturated heterocycles. The van der Waals surface area contributed by atoms with Crippen LogP contribution in [0.5, 0.6) is 5.75 Å². The van der Waals surface area contributed by atoms with Gasteiger partial charge in [-0.05, 0) is 48.5 Å². The molecule has 0 aliphatic carbocycles. The Labute approximate surface area is 137 Å². The molecule has 24 heavy (non-hydrogen) atoms. The summed E-state index contributed by atoms with van der Waals surface area (Å²) < 4.78 is 42.2. The Balaban J connectivity index is 1.70. The minimum Gasteiger partial charge on any atom is -0.487 e. The van der Waals surface area contributed by atoms with Gasteiger partial charge in [-0.25, -0.2) is 22.6 Å². The molecule has 0 unspecified atom stereocenters. The van der Waals surface area contributed by atoms with Crippen LogP contribution in [-0.2, 0) is 16.6 Å². The minimum atomic E-state index is -3.73. The highest BCUT2D eigenvalue weighted by Crippen LogP contribution is 2.14. The van der Waals surface area contributed by atoms with Crippen LogP contribution in [0.3, 0.4) is 0 Å². The van der Waals surface area contributed by atoms with Crippen molar-refractivity contribution in [2.45, 2.75) is 11.5 Å². The molecule has 2 aromatic carbocycles. The first-order valence-electron chi connectivity index (χ1n) is 6.85. The molecule has 2 N–H and O–H groups in total. The summed E-state index contributed by atoms with van der Waals surface area (Å²) in [5.74, 6) is 0.180. The molecule has 0 bridgehead atoms.